The van der Waals surface area contributed by atoms with Crippen molar-refractivity contribution in [3.05, 3.63) is 0 Å². The van der Waals surface area contributed by atoms with Crippen molar-refractivity contribution in [1.82, 2.24) is 0 Å². The molecule has 0 atom stereocenters. The molecule has 0 amide bonds. The summed E-state index contributed by atoms with van der Waals surface area (Å²) in [5.74, 6) is 0. The summed E-state index contributed by atoms with van der Waals surface area (Å²) in [7, 11) is 0. The quantitative estimate of drug-likeness (QED) is 0.0689. The maximum atomic E-state index is 8.62. The van der Waals surface area contributed by atoms with Gasteiger partial charge in [0.15, 0.2) is 0 Å². The Balaban J connectivity index is 3.09. The Labute approximate surface area is 626 Å². The van der Waals surface area contributed by atoms with Gasteiger partial charge in [-0.25, -0.2) is 0 Å². The van der Waals surface area contributed by atoms with Gasteiger partial charge in [0, 0.05) is 6.61 Å². The van der Waals surface area contributed by atoms with E-state index in [2.05, 4.69) is 6.92 Å². The molecule has 1 N–H and O–H groups in total. The lowest BCUT2D eigenvalue weighted by Gasteiger charge is -2.09. The smallest absolute Gasteiger partial charge is 0.0701 e. The maximum absolute atomic E-state index is 8.62. The van der Waals surface area contributed by atoms with Gasteiger partial charge in [-0.2, -0.15) is 0 Å². The highest BCUT2D eigenvalue weighted by atomic mass is 16.6. The van der Waals surface area contributed by atoms with Crippen LogP contribution in [0.25, 0.3) is 0 Å². The lowest BCUT2D eigenvalue weighted by molar-refractivity contribution is -0.0324. The van der Waals surface area contributed by atoms with E-state index in [1.165, 1.54) is 83.5 Å². The summed E-state index contributed by atoms with van der Waals surface area (Å²) < 4.78 is 160. The number of ether oxygens (including phenoxy) is 29. The van der Waals surface area contributed by atoms with E-state index in [4.69, 9.17) is 142 Å². The Bertz CT molecular complexity index is 1350. The molecular formula is C74H150O30. The minimum Gasteiger partial charge on any atom is -0.394 e. The maximum Gasteiger partial charge on any atom is 0.0701 e. The zero-order valence-corrected chi connectivity index (χ0v) is 64.9. The van der Waals surface area contributed by atoms with Crippen molar-refractivity contribution in [3.8, 4) is 0 Å². The molecule has 0 aromatic carbocycles. The molecule has 0 aliphatic rings. The highest BCUT2D eigenvalue weighted by molar-refractivity contribution is 4.51. The molecular weight excluding hydrogens is 1370 g/mol. The van der Waals surface area contributed by atoms with Gasteiger partial charge in [0.05, 0.1) is 383 Å². The van der Waals surface area contributed by atoms with Crippen LogP contribution in [0.1, 0.15) is 96.8 Å². The fraction of sp³-hybridized carbons (Fsp3) is 1.00. The highest BCUT2D eigenvalue weighted by Gasteiger charge is 2.03. The number of hydrogen-bond acceptors (Lipinski definition) is 30. The first-order valence-electron chi connectivity index (χ1n) is 39.3. The van der Waals surface area contributed by atoms with Crippen LogP contribution in [-0.2, 0) is 137 Å². The minimum atomic E-state index is 0.0169. The second-order valence-corrected chi connectivity index (χ2v) is 23.1. The lowest BCUT2D eigenvalue weighted by atomic mass is 10.0. The molecule has 0 saturated carbocycles. The van der Waals surface area contributed by atoms with E-state index in [-0.39, 0.29) is 6.61 Å². The van der Waals surface area contributed by atoms with Gasteiger partial charge in [-0.3, -0.25) is 0 Å². The molecule has 626 valence electrons. The molecule has 0 spiro atoms. The van der Waals surface area contributed by atoms with Crippen molar-refractivity contribution in [2.24, 2.45) is 0 Å². The van der Waals surface area contributed by atoms with Crippen LogP contribution in [-0.4, -0.2) is 395 Å². The first kappa shape index (κ1) is 103. The number of aliphatic hydroxyl groups excluding tert-OH is 1. The summed E-state index contributed by atoms with van der Waals surface area (Å²) in [5.41, 5.74) is 0. The van der Waals surface area contributed by atoms with Crippen LogP contribution < -0.4 is 0 Å². The number of hydrogen-bond donors (Lipinski definition) is 1. The lowest BCUT2D eigenvalue weighted by Crippen LogP contribution is -2.16. The van der Waals surface area contributed by atoms with Crippen LogP contribution in [0, 0.1) is 0 Å². The Morgan fingerprint density at radius 3 is 0.298 bits per heavy atom. The number of aliphatic hydroxyl groups is 1. The van der Waals surface area contributed by atoms with E-state index in [0.717, 1.165) is 13.0 Å². The highest BCUT2D eigenvalue weighted by Crippen LogP contribution is 2.13. The summed E-state index contributed by atoms with van der Waals surface area (Å²) >= 11 is 0. The largest absolute Gasteiger partial charge is 0.394 e. The average molecular weight is 1520 g/mol. The first-order valence-corrected chi connectivity index (χ1v) is 39.3. The minimum absolute atomic E-state index is 0.0169. The van der Waals surface area contributed by atoms with Gasteiger partial charge in [0.2, 0.25) is 0 Å². The predicted molar refractivity (Wildman–Crippen MR) is 391 cm³/mol. The van der Waals surface area contributed by atoms with Crippen molar-refractivity contribution in [2.45, 2.75) is 96.8 Å². The first-order chi connectivity index (χ1) is 51.9. The second kappa shape index (κ2) is 102. The third kappa shape index (κ3) is 101. The summed E-state index contributed by atoms with van der Waals surface area (Å²) in [5, 5.41) is 8.62. The molecule has 0 unspecified atom stereocenters. The molecule has 0 aromatic rings. The molecule has 0 bridgehead atoms. The summed E-state index contributed by atoms with van der Waals surface area (Å²) in [4.78, 5) is 0. The molecule has 30 nitrogen and oxygen atoms in total. The van der Waals surface area contributed by atoms with Gasteiger partial charge in [0.25, 0.3) is 0 Å². The van der Waals surface area contributed by atoms with Gasteiger partial charge in [-0.1, -0.05) is 90.4 Å². The molecule has 0 aliphatic heterocycles. The Morgan fingerprint density at radius 1 is 0.106 bits per heavy atom. The van der Waals surface area contributed by atoms with Gasteiger partial charge in [0.1, 0.15) is 0 Å². The van der Waals surface area contributed by atoms with E-state index in [0.29, 0.717) is 377 Å². The van der Waals surface area contributed by atoms with Gasteiger partial charge < -0.3 is 142 Å². The topological polar surface area (TPSA) is 288 Å². The van der Waals surface area contributed by atoms with Crippen LogP contribution in [0.4, 0.5) is 0 Å². The van der Waals surface area contributed by atoms with Crippen LogP contribution in [0.5, 0.6) is 0 Å². The van der Waals surface area contributed by atoms with Gasteiger partial charge in [-0.05, 0) is 6.42 Å². The summed E-state index contributed by atoms with van der Waals surface area (Å²) in [6, 6.07) is 0. The Hall–Kier alpha value is -1.20. The number of rotatable bonds is 101. The zero-order valence-electron chi connectivity index (χ0n) is 64.9. The molecule has 0 fully saturated rings. The summed E-state index contributed by atoms with van der Waals surface area (Å²) in [6.45, 7) is 31.2. The van der Waals surface area contributed by atoms with Crippen LogP contribution >= 0.6 is 0 Å². The Morgan fingerprint density at radius 2 is 0.192 bits per heavy atom. The van der Waals surface area contributed by atoms with Gasteiger partial charge in [-0.15, -0.1) is 0 Å². The zero-order chi connectivity index (χ0) is 74.1. The molecule has 0 rings (SSSR count). The Kier molecular flexibility index (Phi) is 101. The van der Waals surface area contributed by atoms with Crippen LogP contribution in [0.2, 0.25) is 0 Å². The molecule has 0 saturated heterocycles. The SMILES string of the molecule is CCCCCCCCCCCCCCCCOCCOCCOCCOCCOCCOCCOCCOCCOCCOCCOCCOCCOCCOCCOCCOCCOCCOCCOCCOCCOCCOCCOCCOCCOCCOCCOCCOCCOCCO. The van der Waals surface area contributed by atoms with Crippen molar-refractivity contribution in [3.63, 3.8) is 0 Å². The average Bonchev–Trinajstić information content (AvgIpc) is 3.68. The van der Waals surface area contributed by atoms with Crippen molar-refractivity contribution >= 4 is 0 Å². The van der Waals surface area contributed by atoms with E-state index in [9.17, 15) is 0 Å². The van der Waals surface area contributed by atoms with Crippen molar-refractivity contribution in [2.75, 3.05) is 390 Å². The van der Waals surface area contributed by atoms with Crippen LogP contribution in [0.15, 0.2) is 0 Å². The van der Waals surface area contributed by atoms with Crippen molar-refractivity contribution in [1.29, 1.82) is 0 Å². The molecule has 0 radical (unpaired) electrons. The van der Waals surface area contributed by atoms with Gasteiger partial charge >= 0.3 is 0 Å². The van der Waals surface area contributed by atoms with E-state index in [1.54, 1.807) is 0 Å². The molecule has 104 heavy (non-hydrogen) atoms. The van der Waals surface area contributed by atoms with E-state index in [1.807, 2.05) is 0 Å². The molecule has 30 heteroatoms. The number of unbranched alkanes of at least 4 members (excludes halogenated alkanes) is 13. The predicted octanol–water partition coefficient (Wildman–Crippen LogP) is 5.94. The molecule has 0 aliphatic carbocycles. The third-order valence-electron chi connectivity index (χ3n) is 14.3. The third-order valence-corrected chi connectivity index (χ3v) is 14.3. The second-order valence-electron chi connectivity index (χ2n) is 23.1. The molecule has 0 aromatic heterocycles. The van der Waals surface area contributed by atoms with E-state index < -0.39 is 0 Å². The van der Waals surface area contributed by atoms with E-state index >= 15 is 0 Å². The monoisotopic (exact) mass is 1520 g/mol. The fourth-order valence-electron chi connectivity index (χ4n) is 8.72. The molecule has 0 heterocycles. The van der Waals surface area contributed by atoms with Crippen LogP contribution in [0.3, 0.4) is 0 Å². The van der Waals surface area contributed by atoms with Crippen molar-refractivity contribution < 1.29 is 142 Å². The normalized spacial score (nSPS) is 11.8. The standard InChI is InChI=1S/C74H150O30/c1-2-3-4-5-6-7-8-9-10-11-12-13-14-15-17-76-19-21-78-23-25-80-27-29-82-31-33-84-35-37-86-39-41-88-43-45-90-47-49-92-51-53-94-55-57-96-59-61-98-63-65-100-67-69-102-71-73-104-74-72-103-70-68-101-66-64-99-62-60-97-58-56-95-54-52-93-50-48-91-46-44-89-42-40-87-38-36-85-34-32-83-30-28-81-26-24-79-22-20-77-18-16-75/h75H,2-74H2,1H3. The summed E-state index contributed by atoms with van der Waals surface area (Å²) in [6.07, 6.45) is 19.1. The fourth-order valence-corrected chi connectivity index (χ4v) is 8.72.